The number of H-pyrrole nitrogens is 1. The number of hydrogen-bond donors (Lipinski definition) is 3. The van der Waals surface area contributed by atoms with Gasteiger partial charge < -0.3 is 20.2 Å². The highest BCUT2D eigenvalue weighted by atomic mass is 19.1. The van der Waals surface area contributed by atoms with Crippen molar-refractivity contribution >= 4 is 28.5 Å². The Balaban J connectivity index is 1.60. The molecule has 2 amide bonds. The number of benzene rings is 1. The lowest BCUT2D eigenvalue weighted by Gasteiger charge is -2.07. The minimum Gasteiger partial charge on any atom is -0.355 e. The number of nitrogens with zero attached hydrogens (tertiary/aromatic N) is 3. The largest absolute Gasteiger partial charge is 0.355 e. The third-order valence-electron chi connectivity index (χ3n) is 6.07. The van der Waals surface area contributed by atoms with Crippen LogP contribution < -0.4 is 10.6 Å². The molecule has 0 bridgehead atoms. The monoisotopic (exact) mass is 446 g/mol. The van der Waals surface area contributed by atoms with Crippen molar-refractivity contribution in [1.29, 1.82) is 0 Å². The first-order valence-electron chi connectivity index (χ1n) is 10.7. The topological polar surface area (TPSA) is 105 Å². The van der Waals surface area contributed by atoms with Crippen molar-refractivity contribution in [3.63, 3.8) is 0 Å². The van der Waals surface area contributed by atoms with Gasteiger partial charge in [0.25, 0.3) is 5.91 Å². The fourth-order valence-electron chi connectivity index (χ4n) is 3.87. The molecule has 4 aromatic rings. The average Bonchev–Trinajstić information content (AvgIpc) is 3.48. The first-order valence-corrected chi connectivity index (χ1v) is 10.7. The number of rotatable bonds is 5. The molecule has 1 aliphatic rings. The zero-order chi connectivity index (χ0) is 23.3. The van der Waals surface area contributed by atoms with Crippen molar-refractivity contribution in [2.75, 3.05) is 12.4 Å². The van der Waals surface area contributed by atoms with Crippen LogP contribution in [0.4, 0.5) is 10.2 Å². The predicted molar refractivity (Wildman–Crippen MR) is 123 cm³/mol. The summed E-state index contributed by atoms with van der Waals surface area (Å²) in [6, 6.07) is 6.63. The molecule has 0 unspecified atom stereocenters. The van der Waals surface area contributed by atoms with Gasteiger partial charge in [0.2, 0.25) is 5.91 Å². The van der Waals surface area contributed by atoms with E-state index in [0.29, 0.717) is 44.9 Å². The van der Waals surface area contributed by atoms with Crippen LogP contribution in [0.5, 0.6) is 0 Å². The number of imidazole rings is 1. The molecular weight excluding hydrogens is 423 g/mol. The lowest BCUT2D eigenvalue weighted by Crippen LogP contribution is -2.19. The lowest BCUT2D eigenvalue weighted by atomic mass is 10.1. The minimum absolute atomic E-state index is 0.00496. The number of aryl methyl sites for hydroxylation is 1. The van der Waals surface area contributed by atoms with E-state index in [4.69, 9.17) is 0 Å². The maximum absolute atomic E-state index is 15.2. The molecule has 0 saturated heterocycles. The molecule has 3 aromatic heterocycles. The molecule has 9 heteroatoms. The molecule has 0 atom stereocenters. The Morgan fingerprint density at radius 1 is 1.18 bits per heavy atom. The van der Waals surface area contributed by atoms with Gasteiger partial charge in [0.1, 0.15) is 11.6 Å². The van der Waals surface area contributed by atoms with Crippen LogP contribution >= 0.6 is 0 Å². The molecule has 0 aliphatic heterocycles. The summed E-state index contributed by atoms with van der Waals surface area (Å²) in [4.78, 5) is 36.5. The molecule has 1 fully saturated rings. The fourth-order valence-corrected chi connectivity index (χ4v) is 3.87. The Labute approximate surface area is 189 Å². The van der Waals surface area contributed by atoms with E-state index in [-0.39, 0.29) is 17.7 Å². The Morgan fingerprint density at radius 3 is 2.61 bits per heavy atom. The summed E-state index contributed by atoms with van der Waals surface area (Å²) in [7, 11) is 3.41. The minimum atomic E-state index is -0.433. The summed E-state index contributed by atoms with van der Waals surface area (Å²) in [5.74, 6) is 0.132. The highest BCUT2D eigenvalue weighted by molar-refractivity contribution is 6.11. The van der Waals surface area contributed by atoms with Gasteiger partial charge in [0, 0.05) is 60.3 Å². The second kappa shape index (κ2) is 7.84. The summed E-state index contributed by atoms with van der Waals surface area (Å²) >= 11 is 0. The molecule has 0 radical (unpaired) electrons. The van der Waals surface area contributed by atoms with Gasteiger partial charge in [-0.2, -0.15) is 0 Å². The number of pyridine rings is 1. The smallest absolute Gasteiger partial charge is 0.253 e. The van der Waals surface area contributed by atoms with E-state index >= 15 is 4.39 Å². The Bertz CT molecular complexity index is 1420. The molecule has 168 valence electrons. The number of halogens is 1. The number of aromatic amines is 1. The molecule has 1 saturated carbocycles. The SMILES string of the molecule is CNC(=O)c1cnc(NC(=O)C2CC2)c2[nH]c(-c3ccc(-c4ncc(C)n4C)cc3F)cc12. The molecule has 3 heterocycles. The standard InChI is InChI=1S/C24H23FN6O2/c1-12-10-28-22(31(12)3)14-6-7-15(18(25)8-14)19-9-16-17(24(33)26-2)11-27-21(20(16)29-19)30-23(32)13-4-5-13/h6-11,13,29H,4-5H2,1-3H3,(H,26,33)(H,27,30,32). The van der Waals surface area contributed by atoms with Gasteiger partial charge in [-0.1, -0.05) is 6.07 Å². The Kier molecular flexibility index (Phi) is 4.96. The third-order valence-corrected chi connectivity index (χ3v) is 6.07. The number of fused-ring (bicyclic) bond motifs is 1. The van der Waals surface area contributed by atoms with Gasteiger partial charge in [-0.05, 0) is 38.0 Å². The summed E-state index contributed by atoms with van der Waals surface area (Å²) in [6.45, 7) is 1.93. The normalized spacial score (nSPS) is 13.3. The van der Waals surface area contributed by atoms with Gasteiger partial charge in [-0.15, -0.1) is 0 Å². The van der Waals surface area contributed by atoms with E-state index in [1.807, 2.05) is 18.5 Å². The lowest BCUT2D eigenvalue weighted by molar-refractivity contribution is -0.117. The van der Waals surface area contributed by atoms with Gasteiger partial charge in [-0.3, -0.25) is 9.59 Å². The molecule has 3 N–H and O–H groups in total. The number of hydrogen-bond acceptors (Lipinski definition) is 4. The maximum atomic E-state index is 15.2. The summed E-state index contributed by atoms with van der Waals surface area (Å²) in [5.41, 5.74) is 3.25. The average molecular weight is 446 g/mol. The maximum Gasteiger partial charge on any atom is 0.253 e. The molecule has 1 aliphatic carbocycles. The predicted octanol–water partition coefficient (Wildman–Crippen LogP) is 3.79. The van der Waals surface area contributed by atoms with E-state index < -0.39 is 5.82 Å². The van der Waals surface area contributed by atoms with E-state index in [0.717, 1.165) is 18.5 Å². The number of aromatic nitrogens is 4. The zero-order valence-corrected chi connectivity index (χ0v) is 18.5. The van der Waals surface area contributed by atoms with Crippen molar-refractivity contribution in [3.8, 4) is 22.6 Å². The van der Waals surface area contributed by atoms with Crippen LogP contribution in [0.15, 0.2) is 36.7 Å². The van der Waals surface area contributed by atoms with Gasteiger partial charge >= 0.3 is 0 Å². The number of nitrogens with one attached hydrogen (secondary N) is 3. The molecular formula is C24H23FN6O2. The highest BCUT2D eigenvalue weighted by Gasteiger charge is 2.30. The van der Waals surface area contributed by atoms with E-state index in [2.05, 4.69) is 25.6 Å². The van der Waals surface area contributed by atoms with E-state index in [1.165, 1.54) is 19.3 Å². The highest BCUT2D eigenvalue weighted by Crippen LogP contribution is 2.34. The second-order valence-corrected chi connectivity index (χ2v) is 8.31. The van der Waals surface area contributed by atoms with Crippen LogP contribution in [0.1, 0.15) is 28.9 Å². The Morgan fingerprint density at radius 2 is 1.97 bits per heavy atom. The number of carbonyl (C=O) groups is 2. The van der Waals surface area contributed by atoms with Gasteiger partial charge in [0.05, 0.1) is 11.1 Å². The van der Waals surface area contributed by atoms with Crippen molar-refractivity contribution in [2.24, 2.45) is 13.0 Å². The quantitative estimate of drug-likeness (QED) is 0.434. The van der Waals surface area contributed by atoms with Gasteiger partial charge in [-0.25, -0.2) is 14.4 Å². The number of carbonyl (C=O) groups excluding carboxylic acids is 2. The first-order chi connectivity index (χ1) is 15.9. The van der Waals surface area contributed by atoms with Crippen LogP contribution in [0.2, 0.25) is 0 Å². The van der Waals surface area contributed by atoms with Crippen molar-refractivity contribution < 1.29 is 14.0 Å². The molecule has 33 heavy (non-hydrogen) atoms. The van der Waals surface area contributed by atoms with Crippen molar-refractivity contribution in [1.82, 2.24) is 24.8 Å². The van der Waals surface area contributed by atoms with Crippen LogP contribution in [0, 0.1) is 18.7 Å². The fraction of sp³-hybridized carbons (Fsp3) is 0.250. The summed E-state index contributed by atoms with van der Waals surface area (Å²) < 4.78 is 17.1. The molecule has 8 nitrogen and oxygen atoms in total. The summed E-state index contributed by atoms with van der Waals surface area (Å²) in [5, 5.41) is 5.97. The van der Waals surface area contributed by atoms with E-state index in [1.54, 1.807) is 24.4 Å². The van der Waals surface area contributed by atoms with Crippen molar-refractivity contribution in [2.45, 2.75) is 19.8 Å². The van der Waals surface area contributed by atoms with Crippen LogP contribution in [0.3, 0.4) is 0 Å². The number of anilines is 1. The Hall–Kier alpha value is -4.01. The van der Waals surface area contributed by atoms with Gasteiger partial charge in [0.15, 0.2) is 5.82 Å². The van der Waals surface area contributed by atoms with E-state index in [9.17, 15) is 9.59 Å². The summed E-state index contributed by atoms with van der Waals surface area (Å²) in [6.07, 6.45) is 4.87. The molecule has 1 aromatic carbocycles. The zero-order valence-electron chi connectivity index (χ0n) is 18.5. The van der Waals surface area contributed by atoms with Crippen LogP contribution in [-0.4, -0.2) is 38.4 Å². The third kappa shape index (κ3) is 3.65. The van der Waals surface area contributed by atoms with Crippen LogP contribution in [-0.2, 0) is 11.8 Å². The van der Waals surface area contributed by atoms with Crippen LogP contribution in [0.25, 0.3) is 33.5 Å². The second-order valence-electron chi connectivity index (χ2n) is 8.31. The number of amides is 2. The molecule has 5 rings (SSSR count). The molecule has 0 spiro atoms. The van der Waals surface area contributed by atoms with Crippen molar-refractivity contribution in [3.05, 3.63) is 53.7 Å². The first kappa shape index (κ1) is 20.9.